The van der Waals surface area contributed by atoms with Crippen LogP contribution < -0.4 is 10.1 Å². The maximum atomic E-state index is 5.97. The zero-order valence-electron chi connectivity index (χ0n) is 14.0. The molecule has 0 saturated carbocycles. The summed E-state index contributed by atoms with van der Waals surface area (Å²) >= 11 is 5.53. The summed E-state index contributed by atoms with van der Waals surface area (Å²) in [6, 6.07) is 16.0. The van der Waals surface area contributed by atoms with Crippen LogP contribution >= 0.6 is 12.2 Å². The monoisotopic (exact) mass is 339 g/mol. The van der Waals surface area contributed by atoms with Gasteiger partial charge in [0, 0.05) is 12.2 Å². The minimum Gasteiger partial charge on any atom is -0.485 e. The van der Waals surface area contributed by atoms with Crippen LogP contribution in [-0.4, -0.2) is 35.5 Å². The van der Waals surface area contributed by atoms with Gasteiger partial charge in [-0.2, -0.15) is 0 Å². The molecule has 124 valence electrons. The molecule has 0 unspecified atom stereocenters. The van der Waals surface area contributed by atoms with E-state index in [1.165, 1.54) is 5.56 Å². The summed E-state index contributed by atoms with van der Waals surface area (Å²) in [5.41, 5.74) is 3.36. The Morgan fingerprint density at radius 3 is 2.75 bits per heavy atom. The van der Waals surface area contributed by atoms with Gasteiger partial charge >= 0.3 is 0 Å². The lowest BCUT2D eigenvalue weighted by molar-refractivity contribution is 0.363. The zero-order valence-corrected chi connectivity index (χ0v) is 14.8. The van der Waals surface area contributed by atoms with Gasteiger partial charge in [0.2, 0.25) is 0 Å². The van der Waals surface area contributed by atoms with Crippen LogP contribution in [0.15, 0.2) is 53.5 Å². The fourth-order valence-electron chi connectivity index (χ4n) is 2.57. The van der Waals surface area contributed by atoms with E-state index in [1.807, 2.05) is 47.4 Å². The van der Waals surface area contributed by atoms with Crippen LogP contribution in [0.4, 0.5) is 5.69 Å². The molecule has 5 heteroatoms. The van der Waals surface area contributed by atoms with Crippen molar-refractivity contribution in [3.05, 3.63) is 59.7 Å². The number of hydrogen-bond acceptors (Lipinski definition) is 3. The number of nitrogens with one attached hydrogen (secondary N) is 1. The highest BCUT2D eigenvalue weighted by Crippen LogP contribution is 2.21. The van der Waals surface area contributed by atoms with Crippen LogP contribution in [0.5, 0.6) is 5.75 Å². The smallest absolute Gasteiger partial charge is 0.179 e. The molecule has 1 N–H and O–H groups in total. The number of aryl methyl sites for hydroxylation is 1. The topological polar surface area (TPSA) is 36.9 Å². The van der Waals surface area contributed by atoms with Crippen molar-refractivity contribution >= 4 is 28.9 Å². The number of benzene rings is 2. The van der Waals surface area contributed by atoms with Crippen molar-refractivity contribution in [3.8, 4) is 5.75 Å². The summed E-state index contributed by atoms with van der Waals surface area (Å²) < 4.78 is 5.97. The Kier molecular flexibility index (Phi) is 5.11. The van der Waals surface area contributed by atoms with Crippen LogP contribution in [0.1, 0.15) is 11.1 Å². The standard InChI is InChI=1S/C19H21N3OS/c1-14-7-6-10-17(15(14)2)23-13-18-20-11-12-22(18)19(24)21-16-8-4-3-5-9-16/h3-10H,11-13H2,1-2H3,(H,21,24). The molecule has 0 spiro atoms. The number of ether oxygens (including phenoxy) is 1. The van der Waals surface area contributed by atoms with Gasteiger partial charge in [-0.3, -0.25) is 4.99 Å². The van der Waals surface area contributed by atoms with Gasteiger partial charge < -0.3 is 15.0 Å². The minimum atomic E-state index is 0.418. The third-order valence-corrected chi connectivity index (χ3v) is 4.43. The van der Waals surface area contributed by atoms with Crippen molar-refractivity contribution in [1.29, 1.82) is 0 Å². The maximum Gasteiger partial charge on any atom is 0.179 e. The molecule has 1 heterocycles. The number of nitrogens with zero attached hydrogens (tertiary/aromatic N) is 2. The Hall–Kier alpha value is -2.40. The first kappa shape index (κ1) is 16.5. The lowest BCUT2D eigenvalue weighted by Gasteiger charge is -2.22. The number of para-hydroxylation sites is 1. The van der Waals surface area contributed by atoms with E-state index in [0.29, 0.717) is 11.7 Å². The average Bonchev–Trinajstić information content (AvgIpc) is 3.06. The highest BCUT2D eigenvalue weighted by Gasteiger charge is 2.21. The van der Waals surface area contributed by atoms with E-state index < -0.39 is 0 Å². The van der Waals surface area contributed by atoms with Gasteiger partial charge in [-0.25, -0.2) is 0 Å². The molecular weight excluding hydrogens is 318 g/mol. The van der Waals surface area contributed by atoms with Crippen LogP contribution in [0.3, 0.4) is 0 Å². The van der Waals surface area contributed by atoms with Gasteiger partial charge in [0.15, 0.2) is 5.11 Å². The largest absolute Gasteiger partial charge is 0.485 e. The van der Waals surface area contributed by atoms with Gasteiger partial charge in [-0.1, -0.05) is 30.3 Å². The second-order valence-corrected chi connectivity index (χ2v) is 6.12. The summed E-state index contributed by atoms with van der Waals surface area (Å²) in [4.78, 5) is 6.54. The fraction of sp³-hybridized carbons (Fsp3) is 0.263. The Bertz CT molecular complexity index is 758. The quantitative estimate of drug-likeness (QED) is 0.860. The van der Waals surface area contributed by atoms with Gasteiger partial charge in [0.05, 0.1) is 6.54 Å². The highest BCUT2D eigenvalue weighted by atomic mass is 32.1. The number of anilines is 1. The van der Waals surface area contributed by atoms with Gasteiger partial charge in [0.1, 0.15) is 18.2 Å². The highest BCUT2D eigenvalue weighted by molar-refractivity contribution is 7.80. The van der Waals surface area contributed by atoms with E-state index in [1.54, 1.807) is 0 Å². The average molecular weight is 339 g/mol. The molecular formula is C19H21N3OS. The van der Waals surface area contributed by atoms with Crippen LogP contribution in [0.25, 0.3) is 0 Å². The molecule has 1 aliphatic rings. The molecule has 0 atom stereocenters. The molecule has 0 radical (unpaired) electrons. The minimum absolute atomic E-state index is 0.418. The van der Waals surface area contributed by atoms with Crippen molar-refractivity contribution in [2.24, 2.45) is 4.99 Å². The molecule has 4 nitrogen and oxygen atoms in total. The lowest BCUT2D eigenvalue weighted by Crippen LogP contribution is -2.40. The normalized spacial score (nSPS) is 13.6. The first-order valence-corrected chi connectivity index (χ1v) is 8.42. The summed E-state index contributed by atoms with van der Waals surface area (Å²) in [6.07, 6.45) is 0. The summed E-state index contributed by atoms with van der Waals surface area (Å²) in [5, 5.41) is 3.91. The zero-order chi connectivity index (χ0) is 16.9. The van der Waals surface area contributed by atoms with Crippen LogP contribution in [0, 0.1) is 13.8 Å². The summed E-state index contributed by atoms with van der Waals surface area (Å²) in [6.45, 7) is 6.09. The van der Waals surface area contributed by atoms with E-state index in [-0.39, 0.29) is 0 Å². The molecule has 0 saturated heterocycles. The number of thiocarbonyl (C=S) groups is 1. The van der Waals surface area contributed by atoms with Crippen LogP contribution in [-0.2, 0) is 0 Å². The van der Waals surface area contributed by atoms with E-state index in [0.717, 1.165) is 35.9 Å². The molecule has 1 aliphatic heterocycles. The summed E-state index contributed by atoms with van der Waals surface area (Å²) in [5.74, 6) is 1.76. The number of aliphatic imine (C=N–C) groups is 1. The second kappa shape index (κ2) is 7.45. The lowest BCUT2D eigenvalue weighted by atomic mass is 10.1. The Morgan fingerprint density at radius 2 is 1.96 bits per heavy atom. The molecule has 2 aromatic carbocycles. The Balaban J connectivity index is 1.63. The summed E-state index contributed by atoms with van der Waals surface area (Å²) in [7, 11) is 0. The van der Waals surface area contributed by atoms with Gasteiger partial charge in [-0.15, -0.1) is 0 Å². The molecule has 24 heavy (non-hydrogen) atoms. The van der Waals surface area contributed by atoms with E-state index >= 15 is 0 Å². The predicted molar refractivity (Wildman–Crippen MR) is 103 cm³/mol. The molecule has 0 bridgehead atoms. The van der Waals surface area contributed by atoms with Crippen LogP contribution in [0.2, 0.25) is 0 Å². The van der Waals surface area contributed by atoms with Crippen molar-refractivity contribution in [1.82, 2.24) is 4.90 Å². The first-order valence-electron chi connectivity index (χ1n) is 8.01. The molecule has 0 aromatic heterocycles. The van der Waals surface area contributed by atoms with Crippen molar-refractivity contribution in [2.75, 3.05) is 25.0 Å². The van der Waals surface area contributed by atoms with Gasteiger partial charge in [0.25, 0.3) is 0 Å². The van der Waals surface area contributed by atoms with Gasteiger partial charge in [-0.05, 0) is 55.4 Å². The van der Waals surface area contributed by atoms with E-state index in [4.69, 9.17) is 17.0 Å². The Morgan fingerprint density at radius 1 is 1.17 bits per heavy atom. The number of rotatable bonds is 4. The number of hydrogen-bond donors (Lipinski definition) is 1. The predicted octanol–water partition coefficient (Wildman–Crippen LogP) is 3.79. The first-order chi connectivity index (χ1) is 11.6. The molecule has 0 amide bonds. The Labute approximate surface area is 148 Å². The third-order valence-electron chi connectivity index (χ3n) is 4.11. The number of amidine groups is 1. The second-order valence-electron chi connectivity index (χ2n) is 5.73. The van der Waals surface area contributed by atoms with E-state index in [9.17, 15) is 0 Å². The fourth-order valence-corrected chi connectivity index (χ4v) is 2.89. The SMILES string of the molecule is Cc1cccc(OCC2=NCCN2C(=S)Nc2ccccc2)c1C. The van der Waals surface area contributed by atoms with Crippen molar-refractivity contribution in [3.63, 3.8) is 0 Å². The molecule has 0 aliphatic carbocycles. The molecule has 2 aromatic rings. The maximum absolute atomic E-state index is 5.97. The van der Waals surface area contributed by atoms with Crippen molar-refractivity contribution in [2.45, 2.75) is 13.8 Å². The third kappa shape index (κ3) is 3.74. The molecule has 0 fully saturated rings. The molecule has 3 rings (SSSR count). The van der Waals surface area contributed by atoms with Crippen molar-refractivity contribution < 1.29 is 4.74 Å². The van der Waals surface area contributed by atoms with E-state index in [2.05, 4.69) is 30.2 Å².